The first-order valence-electron chi connectivity index (χ1n) is 11.4. The second kappa shape index (κ2) is 9.36. The Morgan fingerprint density at radius 2 is 1.52 bits per heavy atom. The molecule has 1 unspecified atom stereocenters. The van der Waals surface area contributed by atoms with Gasteiger partial charge in [0.2, 0.25) is 0 Å². The summed E-state index contributed by atoms with van der Waals surface area (Å²) in [4.78, 5) is 17.4. The summed E-state index contributed by atoms with van der Waals surface area (Å²) < 4.78 is 14.1. The lowest BCUT2D eigenvalue weighted by atomic mass is 9.96. The zero-order valence-corrected chi connectivity index (χ0v) is 19.8. The summed E-state index contributed by atoms with van der Waals surface area (Å²) >= 11 is 0. The molecular weight excluding hydrogens is 413 g/mol. The van der Waals surface area contributed by atoms with Gasteiger partial charge >= 0.3 is 0 Å². The smallest absolute Gasteiger partial charge is 0.255 e. The molecule has 1 aliphatic heterocycles. The molecule has 0 aromatic heterocycles. The van der Waals surface area contributed by atoms with Crippen molar-refractivity contribution >= 4 is 17.3 Å². The number of rotatable bonds is 6. The SMILES string of the molecule is CN(C)C1CCN(c2ccc(NC(=O)c3ccc(-c4ccc(C(C)(C)F)cc4)cc3)cc2)C1. The summed E-state index contributed by atoms with van der Waals surface area (Å²) in [5, 5.41) is 2.98. The minimum Gasteiger partial charge on any atom is -0.370 e. The predicted molar refractivity (Wildman–Crippen MR) is 135 cm³/mol. The number of benzene rings is 3. The van der Waals surface area contributed by atoms with Crippen LogP contribution in [-0.2, 0) is 5.67 Å². The van der Waals surface area contributed by atoms with Gasteiger partial charge in [-0.1, -0.05) is 36.4 Å². The zero-order chi connectivity index (χ0) is 23.6. The van der Waals surface area contributed by atoms with E-state index in [9.17, 15) is 9.18 Å². The Morgan fingerprint density at radius 3 is 2.03 bits per heavy atom. The number of anilines is 2. The van der Waals surface area contributed by atoms with Crippen molar-refractivity contribution in [1.29, 1.82) is 0 Å². The van der Waals surface area contributed by atoms with Crippen LogP contribution >= 0.6 is 0 Å². The summed E-state index contributed by atoms with van der Waals surface area (Å²) in [7, 11) is 4.25. The Hall–Kier alpha value is -3.18. The first-order valence-corrected chi connectivity index (χ1v) is 11.4. The fourth-order valence-electron chi connectivity index (χ4n) is 4.23. The summed E-state index contributed by atoms with van der Waals surface area (Å²) in [5.74, 6) is -0.141. The maximum absolute atomic E-state index is 14.1. The molecule has 1 heterocycles. The highest BCUT2D eigenvalue weighted by Crippen LogP contribution is 2.28. The lowest BCUT2D eigenvalue weighted by Crippen LogP contribution is -2.31. The van der Waals surface area contributed by atoms with E-state index >= 15 is 0 Å². The number of halogens is 1. The highest BCUT2D eigenvalue weighted by atomic mass is 19.1. The van der Waals surface area contributed by atoms with Crippen molar-refractivity contribution in [3.8, 4) is 11.1 Å². The molecule has 0 aliphatic carbocycles. The molecule has 1 fully saturated rings. The van der Waals surface area contributed by atoms with Crippen LogP contribution in [0.15, 0.2) is 72.8 Å². The summed E-state index contributed by atoms with van der Waals surface area (Å²) in [5.41, 5.74) is 3.82. The number of amides is 1. The number of hydrogen-bond acceptors (Lipinski definition) is 3. The second-order valence-corrected chi connectivity index (χ2v) is 9.48. The van der Waals surface area contributed by atoms with Crippen LogP contribution in [0.2, 0.25) is 0 Å². The quantitative estimate of drug-likeness (QED) is 0.509. The lowest BCUT2D eigenvalue weighted by Gasteiger charge is -2.22. The van der Waals surface area contributed by atoms with Crippen LogP contribution in [0.25, 0.3) is 11.1 Å². The van der Waals surface area contributed by atoms with Gasteiger partial charge < -0.3 is 15.1 Å². The van der Waals surface area contributed by atoms with Gasteiger partial charge in [0.15, 0.2) is 0 Å². The Balaban J connectivity index is 1.38. The molecule has 4 rings (SSSR count). The van der Waals surface area contributed by atoms with Crippen LogP contribution < -0.4 is 10.2 Å². The van der Waals surface area contributed by atoms with Crippen LogP contribution in [-0.4, -0.2) is 44.0 Å². The van der Waals surface area contributed by atoms with Gasteiger partial charge in [0.1, 0.15) is 5.67 Å². The Bertz CT molecular complexity index is 1080. The molecule has 0 bridgehead atoms. The maximum Gasteiger partial charge on any atom is 0.255 e. The van der Waals surface area contributed by atoms with Gasteiger partial charge in [-0.2, -0.15) is 0 Å². The number of carbonyl (C=O) groups excluding carboxylic acids is 1. The fourth-order valence-corrected chi connectivity index (χ4v) is 4.23. The number of alkyl halides is 1. The predicted octanol–water partition coefficient (Wildman–Crippen LogP) is 5.95. The molecule has 5 heteroatoms. The van der Waals surface area contributed by atoms with Gasteiger partial charge in [-0.05, 0) is 87.5 Å². The van der Waals surface area contributed by atoms with Crippen LogP contribution in [0.3, 0.4) is 0 Å². The number of carbonyl (C=O) groups is 1. The van der Waals surface area contributed by atoms with Crippen molar-refractivity contribution in [2.75, 3.05) is 37.4 Å². The average Bonchev–Trinajstić information content (AvgIpc) is 3.30. The molecule has 4 nitrogen and oxygen atoms in total. The average molecular weight is 446 g/mol. The van der Waals surface area contributed by atoms with Crippen LogP contribution in [0.4, 0.5) is 15.8 Å². The molecule has 3 aromatic carbocycles. The van der Waals surface area contributed by atoms with E-state index in [0.717, 1.165) is 29.9 Å². The second-order valence-electron chi connectivity index (χ2n) is 9.48. The topological polar surface area (TPSA) is 35.6 Å². The standard InChI is InChI=1S/C28H32FN3O/c1-28(2,29)23-11-9-21(10-12-23)20-5-7-22(8-6-20)27(33)30-24-13-15-25(16-14-24)32-18-17-26(19-32)31(3)4/h5-16,26H,17-19H2,1-4H3,(H,30,33). The molecule has 0 spiro atoms. The van der Waals surface area contributed by atoms with Gasteiger partial charge in [0.05, 0.1) is 0 Å². The van der Waals surface area contributed by atoms with E-state index in [2.05, 4.69) is 41.3 Å². The van der Waals surface area contributed by atoms with Gasteiger partial charge in [0.25, 0.3) is 5.91 Å². The van der Waals surface area contributed by atoms with Crippen molar-refractivity contribution in [2.24, 2.45) is 0 Å². The van der Waals surface area contributed by atoms with Gasteiger partial charge in [-0.15, -0.1) is 0 Å². The summed E-state index contributed by atoms with van der Waals surface area (Å²) in [6, 6.07) is 23.5. The lowest BCUT2D eigenvalue weighted by molar-refractivity contribution is 0.102. The molecule has 0 radical (unpaired) electrons. The first-order chi connectivity index (χ1) is 15.7. The van der Waals surface area contributed by atoms with Crippen LogP contribution in [0, 0.1) is 0 Å². The maximum atomic E-state index is 14.1. The van der Waals surface area contributed by atoms with Gasteiger partial charge in [0, 0.05) is 36.1 Å². The largest absolute Gasteiger partial charge is 0.370 e. The minimum absolute atomic E-state index is 0.141. The summed E-state index contributed by atoms with van der Waals surface area (Å²) in [6.07, 6.45) is 1.17. The molecule has 1 amide bonds. The van der Waals surface area contributed by atoms with Crippen LogP contribution in [0.5, 0.6) is 0 Å². The van der Waals surface area contributed by atoms with Crippen molar-refractivity contribution in [2.45, 2.75) is 32.0 Å². The third kappa shape index (κ3) is 5.42. The molecule has 1 aliphatic rings. The summed E-state index contributed by atoms with van der Waals surface area (Å²) in [6.45, 7) is 5.18. The third-order valence-corrected chi connectivity index (χ3v) is 6.44. The monoisotopic (exact) mass is 445 g/mol. The molecular formula is C28H32FN3O. The van der Waals surface area contributed by atoms with E-state index in [1.165, 1.54) is 12.1 Å². The van der Waals surface area contributed by atoms with Gasteiger partial charge in [-0.25, -0.2) is 4.39 Å². The van der Waals surface area contributed by atoms with E-state index in [1.54, 1.807) is 13.8 Å². The van der Waals surface area contributed by atoms with E-state index in [1.807, 2.05) is 60.7 Å². The first kappa shape index (κ1) is 23.0. The van der Waals surface area contributed by atoms with E-state index in [4.69, 9.17) is 0 Å². The normalized spacial score (nSPS) is 16.3. The fraction of sp³-hybridized carbons (Fsp3) is 0.321. The van der Waals surface area contributed by atoms with Crippen LogP contribution in [0.1, 0.15) is 36.2 Å². The highest BCUT2D eigenvalue weighted by molar-refractivity contribution is 6.04. The van der Waals surface area contributed by atoms with E-state index in [0.29, 0.717) is 17.2 Å². The molecule has 0 saturated carbocycles. The number of nitrogens with zero attached hydrogens (tertiary/aromatic N) is 2. The highest BCUT2D eigenvalue weighted by Gasteiger charge is 2.24. The zero-order valence-electron chi connectivity index (χ0n) is 19.8. The Morgan fingerprint density at radius 1 is 0.939 bits per heavy atom. The number of likely N-dealkylation sites (N-methyl/N-ethyl adjacent to an activating group) is 1. The van der Waals surface area contributed by atoms with E-state index in [-0.39, 0.29) is 5.91 Å². The molecule has 1 N–H and O–H groups in total. The Labute approximate surface area is 196 Å². The van der Waals surface area contributed by atoms with Gasteiger partial charge in [-0.3, -0.25) is 4.79 Å². The van der Waals surface area contributed by atoms with Crippen molar-refractivity contribution in [3.63, 3.8) is 0 Å². The third-order valence-electron chi connectivity index (χ3n) is 6.44. The van der Waals surface area contributed by atoms with Crippen molar-refractivity contribution in [1.82, 2.24) is 4.90 Å². The molecule has 3 aromatic rings. The molecule has 33 heavy (non-hydrogen) atoms. The molecule has 1 saturated heterocycles. The number of nitrogens with one attached hydrogen (secondary N) is 1. The minimum atomic E-state index is -1.36. The van der Waals surface area contributed by atoms with Crippen molar-refractivity contribution < 1.29 is 9.18 Å². The van der Waals surface area contributed by atoms with E-state index < -0.39 is 5.67 Å². The molecule has 1 atom stereocenters. The van der Waals surface area contributed by atoms with Crippen molar-refractivity contribution in [3.05, 3.63) is 83.9 Å². The number of hydrogen-bond donors (Lipinski definition) is 1. The molecule has 172 valence electrons. The Kier molecular flexibility index (Phi) is 6.52.